The van der Waals surface area contributed by atoms with Gasteiger partial charge in [0.1, 0.15) is 25.9 Å². The van der Waals surface area contributed by atoms with E-state index in [1.165, 1.54) is 60.7 Å². The molecule has 5 rings (SSSR count). The number of urea groups is 1. The molecule has 0 atom stereocenters. The van der Waals surface area contributed by atoms with Gasteiger partial charge in [0, 0.05) is 16.9 Å². The van der Waals surface area contributed by atoms with Gasteiger partial charge < -0.3 is 30.0 Å². The number of carbonyl (C=O) groups excluding carboxylic acids is 2. The van der Waals surface area contributed by atoms with Gasteiger partial charge in [-0.25, -0.2) is 26.4 Å². The molecule has 0 aromatic heterocycles. The van der Waals surface area contributed by atoms with Crippen LogP contribution in [0.1, 0.15) is 26.3 Å². The van der Waals surface area contributed by atoms with Gasteiger partial charge in [0.15, 0.2) is 0 Å². The predicted molar refractivity (Wildman–Crippen MR) is 157 cm³/mol. The fraction of sp³-hybridized carbons (Fsp3) is 0. The average Bonchev–Trinajstić information content (AvgIpc) is 2.95. The summed E-state index contributed by atoms with van der Waals surface area (Å²) >= 11 is 0. The van der Waals surface area contributed by atoms with Crippen LogP contribution in [0.25, 0.3) is 16.8 Å². The fourth-order valence-electron chi connectivity index (χ4n) is 4.34. The van der Waals surface area contributed by atoms with E-state index in [0.29, 0.717) is 6.07 Å². The van der Waals surface area contributed by atoms with Crippen molar-refractivity contribution in [1.82, 2.24) is 0 Å². The molecule has 230 valence electrons. The zero-order valence-corrected chi connectivity index (χ0v) is 32.9. The van der Waals surface area contributed by atoms with Crippen molar-refractivity contribution in [3.8, 4) is 5.75 Å². The second-order valence-electron chi connectivity index (χ2n) is 9.44. The maximum absolute atomic E-state index is 13.2. The Kier molecular flexibility index (Phi) is 14.2. The van der Waals surface area contributed by atoms with Crippen LogP contribution in [0, 0.1) is 0 Å². The number of amides is 2. The van der Waals surface area contributed by atoms with E-state index in [4.69, 9.17) is 5.11 Å². The Morgan fingerprint density at radius 1 is 0.750 bits per heavy atom. The van der Waals surface area contributed by atoms with Crippen molar-refractivity contribution in [3.63, 3.8) is 0 Å². The Hall–Kier alpha value is -2.62. The Balaban J connectivity index is 0.00000267. The van der Waals surface area contributed by atoms with Gasteiger partial charge >= 0.3 is 101 Å². The number of ketones is 1. The summed E-state index contributed by atoms with van der Waals surface area (Å²) in [4.78, 5) is 35.2. The van der Waals surface area contributed by atoms with Gasteiger partial charge in [0.05, 0.1) is 21.1 Å². The zero-order chi connectivity index (χ0) is 32.7. The molecule has 20 heteroatoms. The fourth-order valence-corrected chi connectivity index (χ4v) is 5.51. The number of nitrogens with zero attached hydrogens (tertiary/aromatic N) is 1. The first-order valence-corrected chi connectivity index (χ1v) is 15.2. The van der Waals surface area contributed by atoms with E-state index < -0.39 is 59.3 Å². The second-order valence-corrected chi connectivity index (χ2v) is 12.2. The summed E-state index contributed by atoms with van der Waals surface area (Å²) in [7, 11) is -10.1. The first-order valence-electron chi connectivity index (χ1n) is 12.4. The number of rotatable bonds is 7. The molecule has 0 heterocycles. The molecule has 0 bridgehead atoms. The van der Waals surface area contributed by atoms with Crippen LogP contribution in [0.4, 0.5) is 21.9 Å². The number of carbonyl (C=O) groups is 3. The largest absolute Gasteiger partial charge is 1.00 e. The number of carboxylic acid groups (broad SMARTS) is 1. The van der Waals surface area contributed by atoms with Gasteiger partial charge in [0.2, 0.25) is 5.78 Å². The topological polar surface area (TPSA) is 257 Å². The van der Waals surface area contributed by atoms with Gasteiger partial charge in [0.25, 0.3) is 0 Å². The van der Waals surface area contributed by atoms with Crippen LogP contribution in [0.3, 0.4) is 0 Å². The van der Waals surface area contributed by atoms with E-state index in [9.17, 15) is 45.4 Å². The number of nitrogens with one attached hydrogen (secondary N) is 3. The van der Waals surface area contributed by atoms with E-state index in [2.05, 4.69) is 21.2 Å². The number of carboxylic acids is 1. The van der Waals surface area contributed by atoms with E-state index in [0.717, 1.165) is 12.1 Å². The minimum Gasteiger partial charge on any atom is -0.872 e. The molecule has 48 heavy (non-hydrogen) atoms. The van der Waals surface area contributed by atoms with Gasteiger partial charge in [-0.2, -0.15) is 5.10 Å². The van der Waals surface area contributed by atoms with Crippen LogP contribution in [0.2, 0.25) is 0 Å². The number of Topliss-reactive ketones (excluding diaryl/α,β-unsaturated/α-hetero) is 1. The molecule has 4 N–H and O–H groups in total. The number of anilines is 3. The van der Waals surface area contributed by atoms with Gasteiger partial charge in [-0.15, -0.1) is 0 Å². The van der Waals surface area contributed by atoms with Crippen LogP contribution >= 0.6 is 0 Å². The number of fused-ring (bicyclic) bond motifs is 2. The van der Waals surface area contributed by atoms with Gasteiger partial charge in [-0.05, 0) is 83.1 Å². The number of hydrogen-bond donors (Lipinski definition) is 4. The van der Waals surface area contributed by atoms with Crippen LogP contribution in [0.5, 0.6) is 5.75 Å². The van der Waals surface area contributed by atoms with Crippen molar-refractivity contribution in [2.24, 2.45) is 5.10 Å². The molecular formula is C28H17N4Na3O11S2. The molecular weight excluding hydrogens is 701 g/mol. The third-order valence-corrected chi connectivity index (χ3v) is 8.08. The van der Waals surface area contributed by atoms with E-state index in [1.54, 1.807) is 0 Å². The standard InChI is InChI=1S/C28H20N4O11S2.3Na/c33-23-13-20(44(38,39)40)11-15-9-18(5-7-21(15)23)29-28(37)30-19-6-8-22-16(10-19)12-24(45(41,42)43)25(26(22)34)32-31-17-3-1-14(2-4-17)27(35)36;;;/h1-13,31,33H,(H,35,36)(H2,29,30,37)(H,38,39,40)(H,41,42,43);;;/q;3*+1/p-3/b32-25+;;;. The molecule has 4 aromatic rings. The average molecular weight is 719 g/mol. The summed E-state index contributed by atoms with van der Waals surface area (Å²) < 4.78 is 70.2. The Labute approximate surface area is 339 Å². The summed E-state index contributed by atoms with van der Waals surface area (Å²) in [6.07, 6.45) is 0.918. The summed E-state index contributed by atoms with van der Waals surface area (Å²) in [5, 5.41) is 30.1. The number of hydrogen-bond acceptors (Lipinski definition) is 12. The minimum absolute atomic E-state index is 0. The SMILES string of the molecule is O=C(Nc1ccc2c(c1)C=C(S(=O)(=O)[O-])/C(=N\Nc1ccc(C(=O)O)cc1)C2=O)Nc1ccc2c([O-])cc(S(=O)(=O)[O-])cc2c1.[Na+].[Na+].[Na+]. The molecule has 15 nitrogen and oxygen atoms in total. The summed E-state index contributed by atoms with van der Waals surface area (Å²) in [6.45, 7) is 0. The van der Waals surface area contributed by atoms with Crippen molar-refractivity contribution >= 4 is 77.6 Å². The summed E-state index contributed by atoms with van der Waals surface area (Å²) in [5.74, 6) is -2.79. The molecule has 4 aromatic carbocycles. The Morgan fingerprint density at radius 2 is 1.33 bits per heavy atom. The molecule has 0 saturated heterocycles. The van der Waals surface area contributed by atoms with Crippen molar-refractivity contribution in [2.45, 2.75) is 4.90 Å². The minimum atomic E-state index is -5.22. The second kappa shape index (κ2) is 16.4. The third-order valence-electron chi connectivity index (χ3n) is 6.42. The van der Waals surface area contributed by atoms with Gasteiger partial charge in [-0.1, -0.05) is 17.9 Å². The summed E-state index contributed by atoms with van der Waals surface area (Å²) in [5.41, 5.74) is 2.05. The maximum Gasteiger partial charge on any atom is 1.00 e. The number of allylic oxidation sites excluding steroid dienone is 1. The molecule has 0 aliphatic heterocycles. The first-order chi connectivity index (χ1) is 21.1. The predicted octanol–water partition coefficient (Wildman–Crippen LogP) is -6.28. The van der Waals surface area contributed by atoms with Crippen LogP contribution < -0.4 is 110 Å². The monoisotopic (exact) mass is 718 g/mol. The number of aromatic carboxylic acids is 1. The number of benzene rings is 4. The Bertz CT molecular complexity index is 2230. The van der Waals surface area contributed by atoms with Crippen molar-refractivity contribution < 1.29 is 139 Å². The number of hydrazone groups is 1. The quantitative estimate of drug-likeness (QED) is 0.0791. The van der Waals surface area contributed by atoms with Crippen LogP contribution in [0.15, 0.2) is 87.7 Å². The molecule has 1 aliphatic carbocycles. The third kappa shape index (κ3) is 9.54. The molecule has 0 spiro atoms. The van der Waals surface area contributed by atoms with E-state index in [-0.39, 0.29) is 133 Å². The van der Waals surface area contributed by atoms with E-state index >= 15 is 0 Å². The van der Waals surface area contributed by atoms with Crippen molar-refractivity contribution in [1.29, 1.82) is 0 Å². The molecule has 0 radical (unpaired) electrons. The van der Waals surface area contributed by atoms with E-state index in [1.807, 2.05) is 0 Å². The van der Waals surface area contributed by atoms with Crippen LogP contribution in [-0.4, -0.2) is 54.5 Å². The molecule has 2 amide bonds. The first kappa shape index (κ1) is 41.6. The molecule has 0 fully saturated rings. The normalized spacial score (nSPS) is 13.2. The Morgan fingerprint density at radius 3 is 1.92 bits per heavy atom. The molecule has 0 saturated carbocycles. The maximum atomic E-state index is 13.2. The molecule has 1 aliphatic rings. The summed E-state index contributed by atoms with van der Waals surface area (Å²) in [6, 6.07) is 13.8. The smallest absolute Gasteiger partial charge is 0.872 e. The van der Waals surface area contributed by atoms with Crippen LogP contribution in [-0.2, 0) is 20.2 Å². The van der Waals surface area contributed by atoms with Gasteiger partial charge in [-0.3, -0.25) is 10.2 Å². The zero-order valence-electron chi connectivity index (χ0n) is 25.3. The van der Waals surface area contributed by atoms with Crippen molar-refractivity contribution in [2.75, 3.05) is 16.1 Å². The molecule has 0 unspecified atom stereocenters. The van der Waals surface area contributed by atoms with Crippen molar-refractivity contribution in [3.05, 3.63) is 94.4 Å².